The molecule has 126 valence electrons. The summed E-state index contributed by atoms with van der Waals surface area (Å²) in [5, 5.41) is 14.2. The minimum Gasteiger partial charge on any atom is -0.484 e. The van der Waals surface area contributed by atoms with Crippen molar-refractivity contribution in [3.8, 4) is 5.75 Å². The summed E-state index contributed by atoms with van der Waals surface area (Å²) in [7, 11) is 0. The van der Waals surface area contributed by atoms with Gasteiger partial charge in [0, 0.05) is 12.1 Å². The largest absolute Gasteiger partial charge is 0.484 e. The van der Waals surface area contributed by atoms with Crippen LogP contribution in [0.4, 0.5) is 5.69 Å². The Morgan fingerprint density at radius 2 is 1.88 bits per heavy atom. The summed E-state index contributed by atoms with van der Waals surface area (Å²) in [6.45, 7) is 1.60. The van der Waals surface area contributed by atoms with Gasteiger partial charge in [-0.15, -0.1) is 0 Å². The zero-order valence-corrected chi connectivity index (χ0v) is 14.2. The smallest absolute Gasteiger partial charge is 0.269 e. The highest BCUT2D eigenvalue weighted by atomic mass is 35.5. The second-order valence-corrected chi connectivity index (χ2v) is 5.82. The third-order valence-corrected chi connectivity index (χ3v) is 3.98. The fraction of sp³-hybridized carbons (Fsp3) is 0.188. The minimum atomic E-state index is -0.505. The second kappa shape index (κ2) is 7.99. The van der Waals surface area contributed by atoms with E-state index in [9.17, 15) is 14.9 Å². The molecule has 1 unspecified atom stereocenters. The van der Waals surface area contributed by atoms with Crippen molar-refractivity contribution in [2.75, 3.05) is 6.61 Å². The first kappa shape index (κ1) is 18.0. The van der Waals surface area contributed by atoms with Gasteiger partial charge in [0.25, 0.3) is 11.6 Å². The second-order valence-electron chi connectivity index (χ2n) is 5.00. The van der Waals surface area contributed by atoms with E-state index in [-0.39, 0.29) is 24.2 Å². The molecule has 0 aromatic heterocycles. The van der Waals surface area contributed by atoms with Crippen LogP contribution < -0.4 is 10.1 Å². The van der Waals surface area contributed by atoms with Gasteiger partial charge in [0.15, 0.2) is 6.61 Å². The van der Waals surface area contributed by atoms with E-state index in [4.69, 9.17) is 27.9 Å². The molecule has 0 bridgehead atoms. The number of hydrogen-bond acceptors (Lipinski definition) is 4. The Kier molecular flexibility index (Phi) is 6.00. The lowest BCUT2D eigenvalue weighted by atomic mass is 10.1. The van der Waals surface area contributed by atoms with Crippen molar-refractivity contribution in [3.05, 3.63) is 68.2 Å². The van der Waals surface area contributed by atoms with Crippen molar-refractivity contribution in [1.29, 1.82) is 0 Å². The Bertz CT molecular complexity index is 750. The fourth-order valence-corrected chi connectivity index (χ4v) is 2.27. The number of nitro groups is 1. The predicted molar refractivity (Wildman–Crippen MR) is 91.6 cm³/mol. The van der Waals surface area contributed by atoms with Crippen LogP contribution in [0.15, 0.2) is 42.5 Å². The molecule has 0 spiro atoms. The highest BCUT2D eigenvalue weighted by Gasteiger charge is 2.12. The van der Waals surface area contributed by atoms with Crippen LogP contribution >= 0.6 is 23.2 Å². The Morgan fingerprint density at radius 1 is 1.21 bits per heavy atom. The molecule has 0 saturated carbocycles. The van der Waals surface area contributed by atoms with E-state index in [1.165, 1.54) is 24.3 Å². The van der Waals surface area contributed by atoms with Crippen molar-refractivity contribution < 1.29 is 14.5 Å². The van der Waals surface area contributed by atoms with Crippen molar-refractivity contribution >= 4 is 34.8 Å². The fourth-order valence-electron chi connectivity index (χ4n) is 1.96. The molecule has 0 radical (unpaired) electrons. The van der Waals surface area contributed by atoms with Gasteiger partial charge in [0.1, 0.15) is 5.75 Å². The molecule has 2 aromatic carbocycles. The summed E-state index contributed by atoms with van der Waals surface area (Å²) >= 11 is 11.8. The van der Waals surface area contributed by atoms with E-state index in [1.807, 2.05) is 6.92 Å². The highest BCUT2D eigenvalue weighted by Crippen LogP contribution is 2.25. The van der Waals surface area contributed by atoms with Crippen LogP contribution in [0.2, 0.25) is 10.0 Å². The maximum absolute atomic E-state index is 11.9. The summed E-state index contributed by atoms with van der Waals surface area (Å²) in [5.41, 5.74) is 0.771. The average molecular weight is 369 g/mol. The number of ether oxygens (including phenoxy) is 1. The number of nitrogens with one attached hydrogen (secondary N) is 1. The SMILES string of the molecule is CC(NC(=O)COc1ccc([N+](=O)[O-])cc1)c1ccc(Cl)c(Cl)c1. The molecule has 2 aromatic rings. The number of nitro benzene ring substituents is 1. The number of nitrogens with zero attached hydrogens (tertiary/aromatic N) is 1. The van der Waals surface area contributed by atoms with Gasteiger partial charge < -0.3 is 10.1 Å². The lowest BCUT2D eigenvalue weighted by Crippen LogP contribution is -2.31. The average Bonchev–Trinajstić information content (AvgIpc) is 2.55. The maximum Gasteiger partial charge on any atom is 0.269 e. The van der Waals surface area contributed by atoms with Crippen molar-refractivity contribution in [2.45, 2.75) is 13.0 Å². The van der Waals surface area contributed by atoms with Crippen molar-refractivity contribution in [2.24, 2.45) is 0 Å². The van der Waals surface area contributed by atoms with Crippen LogP contribution in [0.5, 0.6) is 5.75 Å². The quantitative estimate of drug-likeness (QED) is 0.612. The highest BCUT2D eigenvalue weighted by molar-refractivity contribution is 6.42. The van der Waals surface area contributed by atoms with Gasteiger partial charge in [-0.25, -0.2) is 0 Å². The molecule has 1 amide bonds. The van der Waals surface area contributed by atoms with Crippen LogP contribution in [-0.2, 0) is 4.79 Å². The molecular formula is C16H14Cl2N2O4. The molecule has 0 aliphatic carbocycles. The minimum absolute atomic E-state index is 0.0416. The molecule has 1 N–H and O–H groups in total. The molecule has 0 saturated heterocycles. The van der Waals surface area contributed by atoms with Crippen LogP contribution in [0.3, 0.4) is 0 Å². The van der Waals surface area contributed by atoms with E-state index < -0.39 is 4.92 Å². The number of non-ortho nitro benzene ring substituents is 1. The van der Waals surface area contributed by atoms with Crippen molar-refractivity contribution in [3.63, 3.8) is 0 Å². The Hall–Kier alpha value is -2.31. The molecule has 0 aliphatic heterocycles. The lowest BCUT2D eigenvalue weighted by Gasteiger charge is -2.15. The van der Waals surface area contributed by atoms with E-state index in [0.717, 1.165) is 5.56 Å². The molecule has 2 rings (SSSR count). The number of rotatable bonds is 6. The van der Waals surface area contributed by atoms with Crippen LogP contribution in [0.25, 0.3) is 0 Å². The molecular weight excluding hydrogens is 355 g/mol. The zero-order valence-electron chi connectivity index (χ0n) is 12.7. The first-order valence-corrected chi connectivity index (χ1v) is 7.74. The summed E-state index contributed by atoms with van der Waals surface area (Å²) in [6.07, 6.45) is 0. The lowest BCUT2D eigenvalue weighted by molar-refractivity contribution is -0.384. The van der Waals surface area contributed by atoms with Gasteiger partial charge in [0.2, 0.25) is 0 Å². The van der Waals surface area contributed by atoms with Gasteiger partial charge in [-0.3, -0.25) is 14.9 Å². The summed E-state index contributed by atoms with van der Waals surface area (Å²) in [4.78, 5) is 22.0. The summed E-state index contributed by atoms with van der Waals surface area (Å²) in [5.74, 6) is 0.0462. The third kappa shape index (κ3) is 4.84. The Labute approximate surface area is 148 Å². The Balaban J connectivity index is 1.88. The first-order valence-electron chi connectivity index (χ1n) is 6.98. The molecule has 8 heteroatoms. The number of carbonyl (C=O) groups excluding carboxylic acids is 1. The molecule has 0 heterocycles. The van der Waals surface area contributed by atoms with Gasteiger partial charge in [0.05, 0.1) is 21.0 Å². The summed E-state index contributed by atoms with van der Waals surface area (Å²) < 4.78 is 5.30. The number of amides is 1. The maximum atomic E-state index is 11.9. The monoisotopic (exact) mass is 368 g/mol. The number of carbonyl (C=O) groups is 1. The van der Waals surface area contributed by atoms with Crippen LogP contribution in [0.1, 0.15) is 18.5 Å². The van der Waals surface area contributed by atoms with E-state index in [0.29, 0.717) is 15.8 Å². The third-order valence-electron chi connectivity index (χ3n) is 3.24. The van der Waals surface area contributed by atoms with Gasteiger partial charge in [-0.1, -0.05) is 29.3 Å². The zero-order chi connectivity index (χ0) is 17.7. The topological polar surface area (TPSA) is 81.5 Å². The number of benzene rings is 2. The molecule has 6 nitrogen and oxygen atoms in total. The molecule has 1 atom stereocenters. The van der Waals surface area contributed by atoms with Crippen LogP contribution in [-0.4, -0.2) is 17.4 Å². The molecule has 0 aliphatic rings. The number of hydrogen-bond donors (Lipinski definition) is 1. The normalized spacial score (nSPS) is 11.6. The van der Waals surface area contributed by atoms with E-state index in [2.05, 4.69) is 5.32 Å². The molecule has 24 heavy (non-hydrogen) atoms. The first-order chi connectivity index (χ1) is 11.4. The van der Waals surface area contributed by atoms with Gasteiger partial charge in [-0.2, -0.15) is 0 Å². The summed E-state index contributed by atoms with van der Waals surface area (Å²) in [6, 6.07) is 10.4. The van der Waals surface area contributed by atoms with Gasteiger partial charge >= 0.3 is 0 Å². The van der Waals surface area contributed by atoms with Crippen molar-refractivity contribution in [1.82, 2.24) is 5.32 Å². The van der Waals surface area contributed by atoms with Gasteiger partial charge in [-0.05, 0) is 36.8 Å². The number of halogens is 2. The van der Waals surface area contributed by atoms with E-state index in [1.54, 1.807) is 18.2 Å². The Morgan fingerprint density at radius 3 is 2.46 bits per heavy atom. The van der Waals surface area contributed by atoms with E-state index >= 15 is 0 Å². The predicted octanol–water partition coefficient (Wildman–Crippen LogP) is 4.16. The molecule has 0 fully saturated rings. The standard InChI is InChI=1S/C16H14Cl2N2O4/c1-10(11-2-7-14(17)15(18)8-11)19-16(21)9-24-13-5-3-12(4-6-13)20(22)23/h2-8,10H,9H2,1H3,(H,19,21). The van der Waals surface area contributed by atoms with Crippen LogP contribution in [0, 0.1) is 10.1 Å².